The number of anilines is 1. The summed E-state index contributed by atoms with van der Waals surface area (Å²) >= 11 is 0. The maximum atomic E-state index is 11.8. The Bertz CT molecular complexity index is 527. The molecular weight excluding hydrogens is 276 g/mol. The van der Waals surface area contributed by atoms with Crippen LogP contribution in [0.1, 0.15) is 30.6 Å². The molecule has 0 aliphatic rings. The first-order valence-corrected chi connectivity index (χ1v) is 6.48. The van der Waals surface area contributed by atoms with E-state index in [1.165, 1.54) is 24.3 Å². The number of carboxylic acids is 2. The van der Waals surface area contributed by atoms with Crippen LogP contribution in [0, 0.1) is 5.92 Å². The van der Waals surface area contributed by atoms with Crippen LogP contribution in [-0.4, -0.2) is 34.2 Å². The minimum Gasteiger partial charge on any atom is -0.480 e. The number of benzene rings is 1. The van der Waals surface area contributed by atoms with Gasteiger partial charge in [-0.05, 0) is 30.2 Å². The zero-order valence-electron chi connectivity index (χ0n) is 11.8. The highest BCUT2D eigenvalue weighted by molar-refractivity contribution is 5.93. The number of aliphatic carboxylic acids is 1. The molecule has 2 amide bonds. The number of rotatable bonds is 6. The van der Waals surface area contributed by atoms with Gasteiger partial charge < -0.3 is 20.8 Å². The van der Waals surface area contributed by atoms with Crippen LogP contribution in [0.5, 0.6) is 0 Å². The van der Waals surface area contributed by atoms with Crippen LogP contribution in [-0.2, 0) is 4.79 Å². The Morgan fingerprint density at radius 1 is 1.14 bits per heavy atom. The van der Waals surface area contributed by atoms with Crippen molar-refractivity contribution in [3.63, 3.8) is 0 Å². The molecule has 1 aromatic carbocycles. The van der Waals surface area contributed by atoms with Crippen LogP contribution in [0.3, 0.4) is 0 Å². The van der Waals surface area contributed by atoms with Gasteiger partial charge >= 0.3 is 18.0 Å². The van der Waals surface area contributed by atoms with E-state index in [0.29, 0.717) is 12.1 Å². The number of nitrogens with one attached hydrogen (secondary N) is 2. The van der Waals surface area contributed by atoms with Crippen LogP contribution >= 0.6 is 0 Å². The third-order valence-electron chi connectivity index (χ3n) is 3.16. The molecule has 7 heteroatoms. The lowest BCUT2D eigenvalue weighted by atomic mass is 9.99. The summed E-state index contributed by atoms with van der Waals surface area (Å²) in [6.07, 6.45) is 0.616. The summed E-state index contributed by atoms with van der Waals surface area (Å²) in [6, 6.07) is 3.94. The molecule has 0 radical (unpaired) electrons. The molecule has 4 N–H and O–H groups in total. The standard InChI is InChI=1S/C14H18N2O5/c1-3-8(2)11(13(19)20)16-14(21)15-10-6-4-9(5-7-10)12(17)18/h4-8,11H,3H2,1-2H3,(H,17,18)(H,19,20)(H2,15,16,21). The van der Waals surface area contributed by atoms with E-state index in [4.69, 9.17) is 10.2 Å². The van der Waals surface area contributed by atoms with Crippen LogP contribution in [0.25, 0.3) is 0 Å². The van der Waals surface area contributed by atoms with Gasteiger partial charge in [0.05, 0.1) is 5.56 Å². The van der Waals surface area contributed by atoms with Gasteiger partial charge in [-0.3, -0.25) is 0 Å². The van der Waals surface area contributed by atoms with E-state index in [9.17, 15) is 14.4 Å². The molecule has 0 saturated carbocycles. The van der Waals surface area contributed by atoms with Gasteiger partial charge in [-0.1, -0.05) is 20.3 Å². The van der Waals surface area contributed by atoms with E-state index < -0.39 is 24.0 Å². The van der Waals surface area contributed by atoms with Crippen molar-refractivity contribution in [3.05, 3.63) is 29.8 Å². The number of carbonyl (C=O) groups excluding carboxylic acids is 1. The van der Waals surface area contributed by atoms with E-state index >= 15 is 0 Å². The van der Waals surface area contributed by atoms with Gasteiger partial charge in [0.25, 0.3) is 0 Å². The van der Waals surface area contributed by atoms with Crippen LogP contribution in [0.4, 0.5) is 10.5 Å². The fraction of sp³-hybridized carbons (Fsp3) is 0.357. The molecule has 0 fully saturated rings. The Kier molecular flexibility index (Phi) is 5.71. The first-order chi connectivity index (χ1) is 9.85. The number of hydrogen-bond donors (Lipinski definition) is 4. The van der Waals surface area contributed by atoms with Gasteiger partial charge in [-0.2, -0.15) is 0 Å². The van der Waals surface area contributed by atoms with Gasteiger partial charge in [-0.15, -0.1) is 0 Å². The average Bonchev–Trinajstić information content (AvgIpc) is 2.44. The molecule has 1 aromatic rings. The lowest BCUT2D eigenvalue weighted by Crippen LogP contribution is -2.46. The summed E-state index contributed by atoms with van der Waals surface area (Å²) in [5.74, 6) is -2.36. The summed E-state index contributed by atoms with van der Waals surface area (Å²) in [6.45, 7) is 3.57. The van der Waals surface area contributed by atoms with E-state index in [1.54, 1.807) is 6.92 Å². The summed E-state index contributed by atoms with van der Waals surface area (Å²) in [5.41, 5.74) is 0.481. The number of carboxylic acid groups (broad SMARTS) is 2. The van der Waals surface area contributed by atoms with Crippen molar-refractivity contribution in [2.45, 2.75) is 26.3 Å². The van der Waals surface area contributed by atoms with Crippen molar-refractivity contribution in [1.82, 2.24) is 5.32 Å². The second-order valence-corrected chi connectivity index (χ2v) is 4.68. The maximum absolute atomic E-state index is 11.8. The molecule has 0 bridgehead atoms. The number of carbonyl (C=O) groups is 3. The van der Waals surface area contributed by atoms with E-state index in [1.807, 2.05) is 6.92 Å². The molecular formula is C14H18N2O5. The van der Waals surface area contributed by atoms with Gasteiger partial charge in [0, 0.05) is 5.69 Å². The largest absolute Gasteiger partial charge is 0.480 e. The Morgan fingerprint density at radius 3 is 2.14 bits per heavy atom. The fourth-order valence-corrected chi connectivity index (χ4v) is 1.69. The fourth-order valence-electron chi connectivity index (χ4n) is 1.69. The van der Waals surface area contributed by atoms with Crippen molar-refractivity contribution in [3.8, 4) is 0 Å². The molecule has 0 saturated heterocycles. The molecule has 7 nitrogen and oxygen atoms in total. The molecule has 114 valence electrons. The molecule has 0 aliphatic heterocycles. The minimum absolute atomic E-state index is 0.101. The van der Waals surface area contributed by atoms with E-state index in [0.717, 1.165) is 0 Å². The summed E-state index contributed by atoms with van der Waals surface area (Å²) < 4.78 is 0. The second kappa shape index (κ2) is 7.28. The first kappa shape index (κ1) is 16.5. The Morgan fingerprint density at radius 2 is 1.71 bits per heavy atom. The maximum Gasteiger partial charge on any atom is 0.335 e. The highest BCUT2D eigenvalue weighted by Crippen LogP contribution is 2.11. The van der Waals surface area contributed by atoms with Gasteiger partial charge in [0.1, 0.15) is 6.04 Å². The average molecular weight is 294 g/mol. The van der Waals surface area contributed by atoms with Crippen LogP contribution in [0.2, 0.25) is 0 Å². The predicted octanol–water partition coefficient (Wildman–Crippen LogP) is 2.01. The number of aromatic carboxylic acids is 1. The van der Waals surface area contributed by atoms with Crippen molar-refractivity contribution < 1.29 is 24.6 Å². The Hall–Kier alpha value is -2.57. The summed E-state index contributed by atoms with van der Waals surface area (Å²) in [4.78, 5) is 33.6. The molecule has 0 heterocycles. The number of hydrogen-bond acceptors (Lipinski definition) is 3. The normalized spacial score (nSPS) is 13.0. The topological polar surface area (TPSA) is 116 Å². The van der Waals surface area contributed by atoms with Gasteiger partial charge in [0.2, 0.25) is 0 Å². The summed E-state index contributed by atoms with van der Waals surface area (Å²) in [7, 11) is 0. The molecule has 0 aromatic heterocycles. The van der Waals surface area contributed by atoms with E-state index in [2.05, 4.69) is 10.6 Å². The van der Waals surface area contributed by atoms with Gasteiger partial charge in [0.15, 0.2) is 0 Å². The quantitative estimate of drug-likeness (QED) is 0.640. The third-order valence-corrected chi connectivity index (χ3v) is 3.16. The van der Waals surface area contributed by atoms with Crippen LogP contribution < -0.4 is 10.6 Å². The lowest BCUT2D eigenvalue weighted by molar-refractivity contribution is -0.140. The van der Waals surface area contributed by atoms with Crippen molar-refractivity contribution >= 4 is 23.7 Å². The second-order valence-electron chi connectivity index (χ2n) is 4.68. The molecule has 0 aliphatic carbocycles. The Balaban J connectivity index is 2.67. The molecule has 1 rings (SSSR count). The SMILES string of the molecule is CCC(C)C(NC(=O)Nc1ccc(C(=O)O)cc1)C(=O)O. The Labute approximate surface area is 122 Å². The monoisotopic (exact) mass is 294 g/mol. The zero-order valence-corrected chi connectivity index (χ0v) is 11.8. The smallest absolute Gasteiger partial charge is 0.335 e. The van der Waals surface area contributed by atoms with Crippen molar-refractivity contribution in [2.24, 2.45) is 5.92 Å². The predicted molar refractivity (Wildman–Crippen MR) is 76.4 cm³/mol. The molecule has 0 spiro atoms. The highest BCUT2D eigenvalue weighted by atomic mass is 16.4. The minimum atomic E-state index is -1.10. The highest BCUT2D eigenvalue weighted by Gasteiger charge is 2.25. The number of amides is 2. The molecule has 2 unspecified atom stereocenters. The van der Waals surface area contributed by atoms with E-state index in [-0.39, 0.29) is 11.5 Å². The first-order valence-electron chi connectivity index (χ1n) is 6.48. The number of urea groups is 1. The third kappa shape index (κ3) is 4.79. The van der Waals surface area contributed by atoms with Crippen molar-refractivity contribution in [2.75, 3.05) is 5.32 Å². The van der Waals surface area contributed by atoms with Gasteiger partial charge in [-0.25, -0.2) is 14.4 Å². The van der Waals surface area contributed by atoms with Crippen LogP contribution in [0.15, 0.2) is 24.3 Å². The van der Waals surface area contributed by atoms with Crippen molar-refractivity contribution in [1.29, 1.82) is 0 Å². The molecule has 2 atom stereocenters. The zero-order chi connectivity index (χ0) is 16.0. The summed E-state index contributed by atoms with van der Waals surface area (Å²) in [5, 5.41) is 22.7. The molecule has 21 heavy (non-hydrogen) atoms. The lowest BCUT2D eigenvalue weighted by Gasteiger charge is -2.20.